The SMILES string of the molecule is CC(=O)OC[C@H]1OC(Sc2ccccc2)C[C@@H](OC(C)=O)[C@H]1OC(C)=O. The molecule has 0 amide bonds. The van der Waals surface area contributed by atoms with Crippen LogP contribution >= 0.6 is 11.8 Å². The average Bonchev–Trinajstić information content (AvgIpc) is 2.55. The van der Waals surface area contributed by atoms with Crippen LogP contribution in [0.5, 0.6) is 0 Å². The van der Waals surface area contributed by atoms with Crippen molar-refractivity contribution in [1.29, 1.82) is 0 Å². The number of rotatable bonds is 6. The van der Waals surface area contributed by atoms with Gasteiger partial charge in [0, 0.05) is 32.1 Å². The summed E-state index contributed by atoms with van der Waals surface area (Å²) in [4.78, 5) is 35.1. The van der Waals surface area contributed by atoms with Crippen molar-refractivity contribution in [3.05, 3.63) is 30.3 Å². The number of hydrogen-bond donors (Lipinski definition) is 0. The van der Waals surface area contributed by atoms with Crippen molar-refractivity contribution in [2.45, 2.75) is 55.8 Å². The molecule has 0 spiro atoms. The molecule has 0 bridgehead atoms. The van der Waals surface area contributed by atoms with Gasteiger partial charge in [-0.1, -0.05) is 30.0 Å². The van der Waals surface area contributed by atoms with E-state index in [-0.39, 0.29) is 12.0 Å². The number of hydrogen-bond acceptors (Lipinski definition) is 8. The molecule has 0 saturated carbocycles. The van der Waals surface area contributed by atoms with E-state index in [0.717, 1.165) is 4.90 Å². The minimum Gasteiger partial charge on any atom is -0.463 e. The third-order valence-electron chi connectivity index (χ3n) is 3.57. The topological polar surface area (TPSA) is 88.1 Å². The molecule has 1 aromatic rings. The Labute approximate surface area is 156 Å². The van der Waals surface area contributed by atoms with Crippen LogP contribution in [0.15, 0.2) is 35.2 Å². The van der Waals surface area contributed by atoms with Crippen molar-refractivity contribution >= 4 is 29.7 Å². The first-order valence-corrected chi connectivity index (χ1v) is 9.08. The minimum atomic E-state index is -0.844. The van der Waals surface area contributed by atoms with Crippen LogP contribution in [0.4, 0.5) is 0 Å². The van der Waals surface area contributed by atoms with E-state index in [1.54, 1.807) is 0 Å². The van der Waals surface area contributed by atoms with Crippen molar-refractivity contribution in [3.63, 3.8) is 0 Å². The van der Waals surface area contributed by atoms with Crippen LogP contribution in [0.25, 0.3) is 0 Å². The van der Waals surface area contributed by atoms with E-state index in [0.29, 0.717) is 6.42 Å². The van der Waals surface area contributed by atoms with E-state index in [9.17, 15) is 14.4 Å². The molecule has 142 valence electrons. The molecule has 0 aromatic heterocycles. The van der Waals surface area contributed by atoms with E-state index >= 15 is 0 Å². The number of carbonyl (C=O) groups excluding carboxylic acids is 3. The Bertz CT molecular complexity index is 634. The molecule has 2 rings (SSSR count). The fourth-order valence-electron chi connectivity index (χ4n) is 2.62. The smallest absolute Gasteiger partial charge is 0.303 e. The molecule has 0 N–H and O–H groups in total. The summed E-state index contributed by atoms with van der Waals surface area (Å²) in [5.74, 6) is -1.49. The van der Waals surface area contributed by atoms with Crippen LogP contribution < -0.4 is 0 Å². The third-order valence-corrected chi connectivity index (χ3v) is 4.68. The second-order valence-corrected chi connectivity index (χ2v) is 7.03. The van der Waals surface area contributed by atoms with Gasteiger partial charge in [-0.2, -0.15) is 0 Å². The highest BCUT2D eigenvalue weighted by Crippen LogP contribution is 2.35. The zero-order valence-corrected chi connectivity index (χ0v) is 15.7. The van der Waals surface area contributed by atoms with Crippen LogP contribution in [-0.2, 0) is 33.3 Å². The first-order chi connectivity index (χ1) is 12.3. The lowest BCUT2D eigenvalue weighted by molar-refractivity contribution is -0.204. The van der Waals surface area contributed by atoms with Crippen molar-refractivity contribution in [1.82, 2.24) is 0 Å². The van der Waals surface area contributed by atoms with Gasteiger partial charge in [0.2, 0.25) is 0 Å². The Hall–Kier alpha value is -2.06. The van der Waals surface area contributed by atoms with Crippen LogP contribution in [0.1, 0.15) is 27.2 Å². The van der Waals surface area contributed by atoms with Gasteiger partial charge in [-0.15, -0.1) is 0 Å². The number of carbonyl (C=O) groups is 3. The maximum absolute atomic E-state index is 11.5. The Morgan fingerprint density at radius 1 is 1.04 bits per heavy atom. The van der Waals surface area contributed by atoms with Crippen molar-refractivity contribution in [2.24, 2.45) is 0 Å². The molecule has 4 atom stereocenters. The van der Waals surface area contributed by atoms with Crippen LogP contribution in [0.2, 0.25) is 0 Å². The van der Waals surface area contributed by atoms with Gasteiger partial charge in [-0.05, 0) is 12.1 Å². The second kappa shape index (κ2) is 9.59. The summed E-state index contributed by atoms with van der Waals surface area (Å²) < 4.78 is 21.7. The highest BCUT2D eigenvalue weighted by atomic mass is 32.2. The molecule has 1 aliphatic heterocycles. The summed E-state index contributed by atoms with van der Waals surface area (Å²) >= 11 is 1.46. The largest absolute Gasteiger partial charge is 0.463 e. The van der Waals surface area contributed by atoms with Gasteiger partial charge in [0.05, 0.1) is 0 Å². The van der Waals surface area contributed by atoms with Crippen LogP contribution in [0, 0.1) is 0 Å². The molecule has 0 aliphatic carbocycles. The van der Waals surface area contributed by atoms with Gasteiger partial charge in [0.1, 0.15) is 24.3 Å². The molecule has 7 nitrogen and oxygen atoms in total. The summed E-state index contributed by atoms with van der Waals surface area (Å²) in [7, 11) is 0. The molecular weight excluding hydrogens is 360 g/mol. The van der Waals surface area contributed by atoms with Crippen molar-refractivity contribution in [3.8, 4) is 0 Å². The zero-order chi connectivity index (χ0) is 19.1. The molecular formula is C18H22O7S. The fraction of sp³-hybridized carbons (Fsp3) is 0.500. The molecule has 26 heavy (non-hydrogen) atoms. The molecule has 1 unspecified atom stereocenters. The molecule has 0 radical (unpaired) electrons. The van der Waals surface area contributed by atoms with Gasteiger partial charge >= 0.3 is 17.9 Å². The van der Waals surface area contributed by atoms with E-state index < -0.39 is 36.2 Å². The van der Waals surface area contributed by atoms with E-state index in [1.807, 2.05) is 30.3 Å². The van der Waals surface area contributed by atoms with Gasteiger partial charge in [0.15, 0.2) is 6.10 Å². The van der Waals surface area contributed by atoms with Gasteiger partial charge in [-0.3, -0.25) is 14.4 Å². The van der Waals surface area contributed by atoms with Gasteiger partial charge in [-0.25, -0.2) is 0 Å². The second-order valence-electron chi connectivity index (χ2n) is 5.80. The predicted molar refractivity (Wildman–Crippen MR) is 93.3 cm³/mol. The van der Waals surface area contributed by atoms with Crippen LogP contribution in [-0.4, -0.2) is 48.3 Å². The standard InChI is InChI=1S/C18H22O7S/c1-11(19)22-10-16-18(24-13(3)21)15(23-12(2)20)9-17(25-16)26-14-7-5-4-6-8-14/h4-8,15-18H,9-10H2,1-3H3/t15-,16-,17?,18-/m1/s1. The lowest BCUT2D eigenvalue weighted by Gasteiger charge is -2.39. The fourth-order valence-corrected chi connectivity index (χ4v) is 3.73. The lowest BCUT2D eigenvalue weighted by Crippen LogP contribution is -2.53. The Morgan fingerprint density at radius 3 is 2.27 bits per heavy atom. The maximum Gasteiger partial charge on any atom is 0.303 e. The van der Waals surface area contributed by atoms with E-state index in [4.69, 9.17) is 18.9 Å². The molecule has 1 fully saturated rings. The molecule has 1 aromatic carbocycles. The first kappa shape index (κ1) is 20.3. The summed E-state index contributed by atoms with van der Waals surface area (Å²) in [6.45, 7) is 3.74. The Balaban J connectivity index is 2.18. The number of esters is 3. The molecule has 1 heterocycles. The first-order valence-electron chi connectivity index (χ1n) is 8.20. The highest BCUT2D eigenvalue weighted by Gasteiger charge is 2.43. The van der Waals surface area contributed by atoms with Crippen molar-refractivity contribution in [2.75, 3.05) is 6.61 Å². The third kappa shape index (κ3) is 6.34. The number of thioether (sulfide) groups is 1. The summed E-state index contributed by atoms with van der Waals surface area (Å²) in [6.07, 6.45) is -1.93. The Kier molecular flexibility index (Phi) is 7.47. The molecule has 1 aliphatic rings. The zero-order valence-electron chi connectivity index (χ0n) is 14.9. The number of benzene rings is 1. The summed E-state index contributed by atoms with van der Waals surface area (Å²) in [5, 5.41) is 0. The van der Waals surface area contributed by atoms with Gasteiger partial charge in [0.25, 0.3) is 0 Å². The number of ether oxygens (including phenoxy) is 4. The minimum absolute atomic E-state index is 0.100. The highest BCUT2D eigenvalue weighted by molar-refractivity contribution is 7.99. The normalized spacial score (nSPS) is 25.2. The van der Waals surface area contributed by atoms with Crippen molar-refractivity contribution < 1.29 is 33.3 Å². The monoisotopic (exact) mass is 382 g/mol. The summed E-state index contributed by atoms with van der Waals surface area (Å²) in [5.41, 5.74) is -0.353. The maximum atomic E-state index is 11.5. The predicted octanol–water partition coefficient (Wildman–Crippen LogP) is 2.32. The quantitative estimate of drug-likeness (QED) is 0.547. The molecule has 1 saturated heterocycles. The van der Waals surface area contributed by atoms with Crippen LogP contribution in [0.3, 0.4) is 0 Å². The van der Waals surface area contributed by atoms with E-state index in [2.05, 4.69) is 0 Å². The average molecular weight is 382 g/mol. The van der Waals surface area contributed by atoms with E-state index in [1.165, 1.54) is 32.5 Å². The lowest BCUT2D eigenvalue weighted by atomic mass is 10.0. The molecule has 8 heteroatoms. The summed E-state index contributed by atoms with van der Waals surface area (Å²) in [6, 6.07) is 9.61. The van der Waals surface area contributed by atoms with Gasteiger partial charge < -0.3 is 18.9 Å². The Morgan fingerprint density at radius 2 is 1.69 bits per heavy atom.